The highest BCUT2D eigenvalue weighted by Gasteiger charge is 2.28. The van der Waals surface area contributed by atoms with E-state index < -0.39 is 21.9 Å². The van der Waals surface area contributed by atoms with Crippen molar-refractivity contribution in [2.24, 2.45) is 0 Å². The van der Waals surface area contributed by atoms with Crippen LogP contribution in [0.25, 0.3) is 22.3 Å². The second kappa shape index (κ2) is 10.1. The van der Waals surface area contributed by atoms with Gasteiger partial charge in [0.25, 0.3) is 0 Å². The molecule has 2 aromatic heterocycles. The monoisotopic (exact) mass is 501 g/mol. The summed E-state index contributed by atoms with van der Waals surface area (Å²) in [6.45, 7) is 5.98. The van der Waals surface area contributed by atoms with Crippen LogP contribution in [0, 0.1) is 0 Å². The number of aromatic nitrogens is 4. The predicted octanol–water partition coefficient (Wildman–Crippen LogP) is 2.20. The number of sulfonamides is 1. The molecule has 0 aliphatic carbocycles. The van der Waals surface area contributed by atoms with Gasteiger partial charge < -0.3 is 10.6 Å². The Morgan fingerprint density at radius 1 is 1.34 bits per heavy atom. The largest absolute Gasteiger partial charge is 0.383 e. The Labute approximate surface area is 203 Å². The maximum absolute atomic E-state index is 13.1. The number of anilines is 1. The van der Waals surface area contributed by atoms with Crippen molar-refractivity contribution in [3.05, 3.63) is 48.8 Å². The lowest BCUT2D eigenvalue weighted by Crippen LogP contribution is -2.40. The molecule has 2 unspecified atom stereocenters. The number of hydrogen-bond acceptors (Lipinski definition) is 7. The van der Waals surface area contributed by atoms with Crippen molar-refractivity contribution in [1.82, 2.24) is 29.4 Å². The van der Waals surface area contributed by atoms with Gasteiger partial charge >= 0.3 is 0 Å². The zero-order valence-electron chi connectivity index (χ0n) is 19.4. The summed E-state index contributed by atoms with van der Waals surface area (Å²) in [5, 5.41) is 5.44. The highest BCUT2D eigenvalue weighted by atomic mass is 32.2. The van der Waals surface area contributed by atoms with Crippen LogP contribution in [0.1, 0.15) is 31.4 Å². The van der Waals surface area contributed by atoms with E-state index in [1.54, 1.807) is 17.0 Å². The topological polar surface area (TPSA) is 136 Å². The summed E-state index contributed by atoms with van der Waals surface area (Å²) in [5.41, 5.74) is 8.87. The molecule has 3 N–H and O–H groups in total. The van der Waals surface area contributed by atoms with E-state index in [9.17, 15) is 17.6 Å². The fourth-order valence-corrected chi connectivity index (χ4v) is 5.38. The van der Waals surface area contributed by atoms with Gasteiger partial charge in [-0.25, -0.2) is 32.2 Å². The summed E-state index contributed by atoms with van der Waals surface area (Å²) in [6, 6.07) is 7.09. The Hall–Kier alpha value is -3.38. The Bertz CT molecular complexity index is 1340. The molecule has 1 aromatic carbocycles. The zero-order chi connectivity index (χ0) is 25.2. The third-order valence-electron chi connectivity index (χ3n) is 5.92. The van der Waals surface area contributed by atoms with Gasteiger partial charge in [-0.3, -0.25) is 4.79 Å². The first-order valence-corrected chi connectivity index (χ1v) is 12.9. The van der Waals surface area contributed by atoms with Crippen molar-refractivity contribution in [3.63, 3.8) is 0 Å². The molecule has 1 saturated heterocycles. The summed E-state index contributed by atoms with van der Waals surface area (Å²) in [5.74, 6) is -0.402. The number of hydrogen-bond donors (Lipinski definition) is 2. The average molecular weight is 502 g/mol. The molecule has 0 bridgehead atoms. The molecule has 3 aromatic rings. The average Bonchev–Trinajstić information content (AvgIpc) is 3.23. The van der Waals surface area contributed by atoms with Gasteiger partial charge in [-0.15, -0.1) is 0 Å². The van der Waals surface area contributed by atoms with Gasteiger partial charge in [0.15, 0.2) is 5.65 Å². The smallest absolute Gasteiger partial charge is 0.246 e. The summed E-state index contributed by atoms with van der Waals surface area (Å²) < 4.78 is 41.1. The minimum Gasteiger partial charge on any atom is -0.383 e. The summed E-state index contributed by atoms with van der Waals surface area (Å²) in [6.07, 6.45) is 2.92. The Morgan fingerprint density at radius 3 is 2.77 bits per heavy atom. The quantitative estimate of drug-likeness (QED) is 0.452. The standard InChI is InChI=1S/C23H28FN7O3S/c1-3-19(32)30-10-4-5-18(12-30)31-23-20(22(25)26-14-27-23)21(29-31)17-8-6-16(7-9-17)11-28-35(33,34)13-15(2)24/h3,6-9,14-15,18,28H,1,4-5,10-13H2,2H3,(H2,25,26,27). The Kier molecular flexibility index (Phi) is 7.13. The number of piperidine rings is 1. The highest BCUT2D eigenvalue weighted by molar-refractivity contribution is 7.89. The van der Waals surface area contributed by atoms with E-state index in [0.717, 1.165) is 18.4 Å². The molecule has 0 spiro atoms. The normalized spacial score (nSPS) is 17.4. The van der Waals surface area contributed by atoms with Gasteiger partial charge in [0.1, 0.15) is 24.0 Å². The van der Waals surface area contributed by atoms with Crippen molar-refractivity contribution in [2.75, 3.05) is 24.6 Å². The second-order valence-corrected chi connectivity index (χ2v) is 10.5. The molecular formula is C23H28FN7O3S. The number of carbonyl (C=O) groups is 1. The fourth-order valence-electron chi connectivity index (χ4n) is 4.27. The van der Waals surface area contributed by atoms with Crippen LogP contribution in [0.2, 0.25) is 0 Å². The number of fused-ring (bicyclic) bond motifs is 1. The number of nitrogens with one attached hydrogen (secondary N) is 1. The first kappa shape index (κ1) is 24.7. The molecule has 12 heteroatoms. The molecule has 0 radical (unpaired) electrons. The fraction of sp³-hybridized carbons (Fsp3) is 0.391. The Morgan fingerprint density at radius 2 is 2.09 bits per heavy atom. The molecule has 4 rings (SSSR count). The molecule has 186 valence electrons. The molecule has 1 fully saturated rings. The molecule has 1 aliphatic rings. The third-order valence-corrected chi connectivity index (χ3v) is 7.40. The van der Waals surface area contributed by atoms with Crippen molar-refractivity contribution in [2.45, 2.75) is 38.5 Å². The summed E-state index contributed by atoms with van der Waals surface area (Å²) in [7, 11) is -3.71. The molecule has 0 saturated carbocycles. The van der Waals surface area contributed by atoms with Crippen LogP contribution in [0.5, 0.6) is 0 Å². The number of rotatable bonds is 8. The second-order valence-electron chi connectivity index (χ2n) is 8.62. The van der Waals surface area contributed by atoms with Crippen LogP contribution in [0.4, 0.5) is 10.2 Å². The van der Waals surface area contributed by atoms with Crippen LogP contribution >= 0.6 is 0 Å². The number of nitrogens with zero attached hydrogens (tertiary/aromatic N) is 5. The summed E-state index contributed by atoms with van der Waals surface area (Å²) in [4.78, 5) is 22.5. The van der Waals surface area contributed by atoms with Crippen LogP contribution in [-0.4, -0.2) is 64.0 Å². The van der Waals surface area contributed by atoms with Gasteiger partial charge in [0.05, 0.1) is 17.2 Å². The van der Waals surface area contributed by atoms with Crippen molar-refractivity contribution in [1.29, 1.82) is 0 Å². The van der Waals surface area contributed by atoms with Crippen molar-refractivity contribution in [3.8, 4) is 11.3 Å². The molecule has 3 heterocycles. The van der Waals surface area contributed by atoms with E-state index in [4.69, 9.17) is 10.8 Å². The third kappa shape index (κ3) is 5.49. The molecule has 1 amide bonds. The van der Waals surface area contributed by atoms with E-state index in [1.165, 1.54) is 19.3 Å². The van der Waals surface area contributed by atoms with E-state index in [0.29, 0.717) is 41.2 Å². The predicted molar refractivity (Wildman–Crippen MR) is 131 cm³/mol. The van der Waals surface area contributed by atoms with E-state index >= 15 is 0 Å². The molecule has 10 nitrogen and oxygen atoms in total. The van der Waals surface area contributed by atoms with Gasteiger partial charge in [0, 0.05) is 25.2 Å². The number of likely N-dealkylation sites (tertiary alicyclic amines) is 1. The van der Waals surface area contributed by atoms with E-state index in [1.807, 2.05) is 16.8 Å². The van der Waals surface area contributed by atoms with Gasteiger partial charge in [-0.1, -0.05) is 30.8 Å². The van der Waals surface area contributed by atoms with Crippen LogP contribution < -0.4 is 10.5 Å². The minimum atomic E-state index is -3.71. The molecule has 2 atom stereocenters. The number of nitrogen functional groups attached to an aromatic ring is 1. The lowest BCUT2D eigenvalue weighted by Gasteiger charge is -2.32. The van der Waals surface area contributed by atoms with Gasteiger partial charge in [-0.05, 0) is 31.4 Å². The lowest BCUT2D eigenvalue weighted by atomic mass is 10.1. The van der Waals surface area contributed by atoms with Crippen molar-refractivity contribution >= 4 is 32.8 Å². The number of benzene rings is 1. The van der Waals surface area contributed by atoms with Gasteiger partial charge in [0.2, 0.25) is 15.9 Å². The molecule has 1 aliphatic heterocycles. The number of alkyl halides is 1. The van der Waals surface area contributed by atoms with Crippen LogP contribution in [0.15, 0.2) is 43.2 Å². The Balaban J connectivity index is 1.63. The maximum atomic E-state index is 13.1. The lowest BCUT2D eigenvalue weighted by molar-refractivity contribution is -0.127. The number of nitrogens with two attached hydrogens (primary N) is 1. The van der Waals surface area contributed by atoms with E-state index in [2.05, 4.69) is 21.3 Å². The first-order valence-electron chi connectivity index (χ1n) is 11.3. The number of halogens is 1. The van der Waals surface area contributed by atoms with Crippen molar-refractivity contribution < 1.29 is 17.6 Å². The summed E-state index contributed by atoms with van der Waals surface area (Å²) >= 11 is 0. The van der Waals surface area contributed by atoms with Gasteiger partial charge in [-0.2, -0.15) is 5.10 Å². The number of carbonyl (C=O) groups excluding carboxylic acids is 1. The number of amides is 1. The SMILES string of the molecule is C=CC(=O)N1CCCC(n2nc(-c3ccc(CNS(=O)(=O)CC(C)F)cc3)c3c(N)ncnc32)C1. The highest BCUT2D eigenvalue weighted by Crippen LogP contribution is 2.33. The molecular weight excluding hydrogens is 473 g/mol. The first-order chi connectivity index (χ1) is 16.7. The van der Waals surface area contributed by atoms with Crippen LogP contribution in [-0.2, 0) is 21.4 Å². The van der Waals surface area contributed by atoms with Crippen LogP contribution in [0.3, 0.4) is 0 Å². The maximum Gasteiger partial charge on any atom is 0.246 e. The molecule has 35 heavy (non-hydrogen) atoms. The zero-order valence-corrected chi connectivity index (χ0v) is 20.2. The van der Waals surface area contributed by atoms with E-state index in [-0.39, 0.29) is 18.5 Å². The minimum absolute atomic E-state index is 0.0466.